The maximum atomic E-state index is 8.74. The van der Waals surface area contributed by atoms with Crippen LogP contribution in [0.3, 0.4) is 0 Å². The summed E-state index contributed by atoms with van der Waals surface area (Å²) >= 11 is 0. The molecule has 0 amide bonds. The molecule has 0 aliphatic rings. The van der Waals surface area contributed by atoms with Crippen molar-refractivity contribution in [3.05, 3.63) is 11.5 Å². The van der Waals surface area contributed by atoms with Gasteiger partial charge in [-0.2, -0.15) is 8.42 Å². The van der Waals surface area contributed by atoms with Crippen LogP contribution in [0.5, 0.6) is 0 Å². The first-order chi connectivity index (χ1) is 4.64. The van der Waals surface area contributed by atoms with E-state index in [2.05, 4.69) is 0 Å². The van der Waals surface area contributed by atoms with Gasteiger partial charge in [-0.3, -0.25) is 9.11 Å². The second-order valence-corrected chi connectivity index (χ2v) is 2.58. The Kier molecular flexibility index (Phi) is 12.3. The van der Waals surface area contributed by atoms with E-state index >= 15 is 0 Å². The van der Waals surface area contributed by atoms with Gasteiger partial charge in [0.2, 0.25) is 0 Å². The van der Waals surface area contributed by atoms with Crippen molar-refractivity contribution in [2.45, 2.75) is 19.2 Å². The molecule has 0 aliphatic carbocycles. The van der Waals surface area contributed by atoms with Crippen molar-refractivity contribution in [2.75, 3.05) is 0 Å². The smallest absolute Gasteiger partial charge is 0.674 e. The van der Waals surface area contributed by atoms with Gasteiger partial charge in [-0.05, 0) is 0 Å². The summed E-state index contributed by atoms with van der Waals surface area (Å²) in [6, 6.07) is -0.676. The van der Waals surface area contributed by atoms with Gasteiger partial charge < -0.3 is 16.6 Å². The van der Waals surface area contributed by atoms with Gasteiger partial charge in [0.05, 0.1) is 0 Å². The third-order valence-electron chi connectivity index (χ3n) is 0.474. The van der Waals surface area contributed by atoms with Crippen molar-refractivity contribution in [2.24, 2.45) is 0 Å². The molecular weight excluding hydrogens is 371 g/mol. The van der Waals surface area contributed by atoms with Crippen molar-refractivity contribution >= 4 is 10.4 Å². The molecule has 0 heterocycles. The summed E-state index contributed by atoms with van der Waals surface area (Å²) in [4.78, 5) is 0. The molecule has 0 fully saturated rings. The molecule has 0 spiro atoms. The van der Waals surface area contributed by atoms with Crippen molar-refractivity contribution in [1.29, 1.82) is 0 Å². The van der Waals surface area contributed by atoms with Crippen LogP contribution in [-0.2, 0) is 31.5 Å². The second kappa shape index (κ2) is 8.06. The molecule has 0 aromatic carbocycles. The summed E-state index contributed by atoms with van der Waals surface area (Å²) in [6.07, 6.45) is -1.23. The molecule has 2 atom stereocenters. The summed E-state index contributed by atoms with van der Waals surface area (Å²) < 4.78 is 31.6. The minimum atomic E-state index is -4.67. The molecule has 0 saturated heterocycles. The predicted molar refractivity (Wildman–Crippen MR) is 38.3 cm³/mol. The van der Waals surface area contributed by atoms with Gasteiger partial charge in [0.25, 0.3) is 0 Å². The number of hydrogen-bond acceptors (Lipinski definition) is 3. The van der Waals surface area contributed by atoms with Gasteiger partial charge in [-0.25, -0.2) is 0 Å². The molecule has 0 saturated carbocycles. The van der Waals surface area contributed by atoms with E-state index < -0.39 is 22.7 Å². The van der Waals surface area contributed by atoms with E-state index in [1.165, 1.54) is 6.92 Å². The first-order valence-electron chi connectivity index (χ1n) is 2.44. The molecule has 7 nitrogen and oxygen atoms in total. The fourth-order valence-electron chi connectivity index (χ4n) is 0. The first kappa shape index (κ1) is 18.3. The van der Waals surface area contributed by atoms with Crippen molar-refractivity contribution < 1.29 is 43.7 Å². The van der Waals surface area contributed by atoms with Crippen LogP contribution in [0, 0.1) is 0 Å². The molecule has 0 aromatic rings. The van der Waals surface area contributed by atoms with E-state index in [0.717, 1.165) is 0 Å². The SMILES string of the molecule is CC([NH-])C([NH-])O.O=S(=O)(O)O.[Pt+2]. The molecule has 78 valence electrons. The zero-order chi connectivity index (χ0) is 9.65. The number of aliphatic hydroxyl groups is 1. The monoisotopic (exact) mass is 381 g/mol. The summed E-state index contributed by atoms with van der Waals surface area (Å²) in [5, 5.41) is 8.11. The maximum Gasteiger partial charge on any atom is 2.00 e. The molecule has 12 heavy (non-hydrogen) atoms. The average Bonchev–Trinajstić information content (AvgIpc) is 1.59. The predicted octanol–water partition coefficient (Wildman–Crippen LogP) is 0.142. The largest absolute Gasteiger partial charge is 2.00 e. The van der Waals surface area contributed by atoms with Gasteiger partial charge in [-0.15, -0.1) is 6.04 Å². The van der Waals surface area contributed by atoms with Crippen LogP contribution in [0.25, 0.3) is 11.5 Å². The number of aliphatic hydroxyl groups excluding tert-OH is 1. The van der Waals surface area contributed by atoms with Gasteiger partial charge in [-0.1, -0.05) is 13.2 Å². The van der Waals surface area contributed by atoms with E-state index in [-0.39, 0.29) is 21.1 Å². The Morgan fingerprint density at radius 2 is 1.33 bits per heavy atom. The van der Waals surface area contributed by atoms with Crippen LogP contribution in [0.4, 0.5) is 0 Å². The first-order valence-corrected chi connectivity index (χ1v) is 3.84. The fraction of sp³-hybridized carbons (Fsp3) is 1.00. The molecule has 2 unspecified atom stereocenters. The molecule has 9 heteroatoms. The Morgan fingerprint density at radius 1 is 1.25 bits per heavy atom. The summed E-state index contributed by atoms with van der Waals surface area (Å²) in [5.41, 5.74) is 13.0. The molecule has 0 radical (unpaired) electrons. The third kappa shape index (κ3) is 47.2. The van der Waals surface area contributed by atoms with Crippen LogP contribution in [0.2, 0.25) is 0 Å². The van der Waals surface area contributed by atoms with E-state index in [1.54, 1.807) is 0 Å². The molecule has 5 N–H and O–H groups in total. The van der Waals surface area contributed by atoms with Crippen LogP contribution in [-0.4, -0.2) is 34.9 Å². The van der Waals surface area contributed by atoms with E-state index in [0.29, 0.717) is 0 Å². The summed E-state index contributed by atoms with van der Waals surface area (Å²) in [5.74, 6) is 0. The Labute approximate surface area is 85.0 Å². The molecule has 0 aliphatic heterocycles. The van der Waals surface area contributed by atoms with Crippen LogP contribution >= 0.6 is 0 Å². The van der Waals surface area contributed by atoms with Gasteiger partial charge in [0, 0.05) is 0 Å². The molecule has 0 bridgehead atoms. The number of nitrogens with one attached hydrogen (secondary N) is 2. The zero-order valence-corrected chi connectivity index (χ0v) is 9.13. The van der Waals surface area contributed by atoms with E-state index in [9.17, 15) is 0 Å². The zero-order valence-electron chi connectivity index (χ0n) is 6.04. The Morgan fingerprint density at radius 3 is 1.33 bits per heavy atom. The van der Waals surface area contributed by atoms with E-state index in [4.69, 9.17) is 34.1 Å². The van der Waals surface area contributed by atoms with Crippen molar-refractivity contribution in [3.8, 4) is 0 Å². The number of hydrogen-bond donors (Lipinski definition) is 3. The average molecular weight is 381 g/mol. The summed E-state index contributed by atoms with van der Waals surface area (Å²) in [6.45, 7) is 1.47. The standard InChI is InChI=1S/C3H8N2O.H2O4S.Pt/c1-2(4)3(5)6;1-5(2,3)4;/h2-6H,1H3;(H2,1,2,3,4);/q-2;;+2. The minimum absolute atomic E-state index is 0. The van der Waals surface area contributed by atoms with Crippen LogP contribution in [0.1, 0.15) is 6.92 Å². The molecular formula is C3H10N2O5PtS. The second-order valence-electron chi connectivity index (χ2n) is 1.68. The molecule has 0 aromatic heterocycles. The Bertz CT molecular complexity index is 165. The number of rotatable bonds is 1. The topological polar surface area (TPSA) is 142 Å². The van der Waals surface area contributed by atoms with Crippen molar-refractivity contribution in [3.63, 3.8) is 0 Å². The van der Waals surface area contributed by atoms with Crippen molar-refractivity contribution in [1.82, 2.24) is 0 Å². The van der Waals surface area contributed by atoms with Crippen LogP contribution < -0.4 is 0 Å². The molecule has 0 rings (SSSR count). The Hall–Kier alpha value is 0.438. The van der Waals surface area contributed by atoms with E-state index in [1.807, 2.05) is 0 Å². The summed E-state index contributed by atoms with van der Waals surface area (Å²) in [7, 11) is -4.67. The fourth-order valence-corrected chi connectivity index (χ4v) is 0. The quantitative estimate of drug-likeness (QED) is 0.554. The van der Waals surface area contributed by atoms with Gasteiger partial charge >= 0.3 is 31.5 Å². The normalized spacial score (nSPS) is 14.8. The minimum Gasteiger partial charge on any atom is -0.674 e. The maximum absolute atomic E-state index is 8.74. The van der Waals surface area contributed by atoms with Gasteiger partial charge in [0.15, 0.2) is 0 Å². The van der Waals surface area contributed by atoms with Gasteiger partial charge in [0.1, 0.15) is 0 Å². The van der Waals surface area contributed by atoms with Crippen LogP contribution in [0.15, 0.2) is 0 Å². The third-order valence-corrected chi connectivity index (χ3v) is 0.474. The Balaban J connectivity index is -0.000000126.